The Morgan fingerprint density at radius 1 is 1.64 bits per heavy atom. The Balaban J connectivity index is 4.16. The number of aliphatic hydroxyl groups is 1. The highest BCUT2D eigenvalue weighted by Crippen LogP contribution is 2.14. The van der Waals surface area contributed by atoms with Crippen molar-refractivity contribution in [2.24, 2.45) is 5.92 Å². The zero-order valence-electron chi connectivity index (χ0n) is 7.30. The molecule has 0 aromatic carbocycles. The minimum absolute atomic E-state index is 0.190. The molecule has 0 amide bonds. The Morgan fingerprint density at radius 2 is 2.18 bits per heavy atom. The summed E-state index contributed by atoms with van der Waals surface area (Å²) in [5.74, 6) is 0.618. The third-order valence-corrected chi connectivity index (χ3v) is 1.79. The smallest absolute Gasteiger partial charge is 0.115 e. The van der Waals surface area contributed by atoms with Crippen LogP contribution < -0.4 is 0 Å². The molecule has 0 aliphatic heterocycles. The van der Waals surface area contributed by atoms with E-state index in [4.69, 9.17) is 5.11 Å². The molecule has 0 bridgehead atoms. The quantitative estimate of drug-likeness (QED) is 0.484. The largest absolute Gasteiger partial charge is 0.508 e. The highest BCUT2D eigenvalue weighted by Gasteiger charge is 2.00. The van der Waals surface area contributed by atoms with Crippen molar-refractivity contribution in [3.8, 4) is 0 Å². The molecule has 1 N–H and O–H groups in total. The molecule has 0 spiro atoms. The summed E-state index contributed by atoms with van der Waals surface area (Å²) < 4.78 is 0. The van der Waals surface area contributed by atoms with Crippen molar-refractivity contribution in [3.05, 3.63) is 36.6 Å². The molecule has 0 saturated carbocycles. The first kappa shape index (κ1) is 10.0. The molecule has 0 aromatic rings. The summed E-state index contributed by atoms with van der Waals surface area (Å²) in [5.41, 5.74) is 0.949. The predicted octanol–water partition coefficient (Wildman–Crippen LogP) is 3.22. The van der Waals surface area contributed by atoms with Crippen molar-refractivity contribution in [2.45, 2.75) is 20.3 Å². The van der Waals surface area contributed by atoms with Crippen molar-refractivity contribution in [1.82, 2.24) is 0 Å². The van der Waals surface area contributed by atoms with Gasteiger partial charge in [0.15, 0.2) is 0 Å². The van der Waals surface area contributed by atoms with E-state index in [1.165, 1.54) is 6.08 Å². The number of aliphatic hydroxyl groups excluding tert-OH is 1. The van der Waals surface area contributed by atoms with Gasteiger partial charge in [-0.25, -0.2) is 0 Å². The summed E-state index contributed by atoms with van der Waals surface area (Å²) in [6, 6.07) is 0. The van der Waals surface area contributed by atoms with Gasteiger partial charge in [-0.1, -0.05) is 27.0 Å². The average molecular weight is 152 g/mol. The first-order chi connectivity index (χ1) is 5.11. The molecule has 62 valence electrons. The zero-order valence-corrected chi connectivity index (χ0v) is 7.30. The van der Waals surface area contributed by atoms with Crippen molar-refractivity contribution in [1.29, 1.82) is 0 Å². The summed E-state index contributed by atoms with van der Waals surface area (Å²) in [7, 11) is 0. The second-order valence-corrected chi connectivity index (χ2v) is 2.66. The minimum Gasteiger partial charge on any atom is -0.508 e. The van der Waals surface area contributed by atoms with Crippen LogP contribution in [0.1, 0.15) is 20.3 Å². The fraction of sp³-hybridized carbons (Fsp3) is 0.400. The lowest BCUT2D eigenvalue weighted by atomic mass is 9.99. The Kier molecular flexibility index (Phi) is 4.35. The second kappa shape index (κ2) is 4.78. The maximum absolute atomic E-state index is 9.05. The van der Waals surface area contributed by atoms with Gasteiger partial charge in [0, 0.05) is 0 Å². The first-order valence-electron chi connectivity index (χ1n) is 3.83. The van der Waals surface area contributed by atoms with E-state index in [1.807, 2.05) is 0 Å². The van der Waals surface area contributed by atoms with Gasteiger partial charge in [0.2, 0.25) is 0 Å². The Morgan fingerprint density at radius 3 is 2.55 bits per heavy atom. The van der Waals surface area contributed by atoms with Crippen LogP contribution in [0.5, 0.6) is 0 Å². The summed E-state index contributed by atoms with van der Waals surface area (Å²) in [4.78, 5) is 0. The molecule has 11 heavy (non-hydrogen) atoms. The molecule has 1 heteroatoms. The average Bonchev–Trinajstić information content (AvgIpc) is 2.02. The molecule has 0 aliphatic carbocycles. The van der Waals surface area contributed by atoms with Gasteiger partial charge in [-0.2, -0.15) is 0 Å². The number of hydrogen-bond donors (Lipinski definition) is 1. The van der Waals surface area contributed by atoms with Gasteiger partial charge < -0.3 is 5.11 Å². The molecule has 1 atom stereocenters. The lowest BCUT2D eigenvalue weighted by Crippen LogP contribution is -1.93. The zero-order chi connectivity index (χ0) is 8.85. The third-order valence-electron chi connectivity index (χ3n) is 1.79. The van der Waals surface area contributed by atoms with Crippen LogP contribution in [0.2, 0.25) is 0 Å². The highest BCUT2D eigenvalue weighted by atomic mass is 16.3. The second-order valence-electron chi connectivity index (χ2n) is 2.66. The molecule has 1 unspecified atom stereocenters. The standard InChI is InChI=1S/C10H16O/c1-5-8(3)9(4)7-10(11)6-2/h6-8,11H,2,4-5H2,1,3H3. The monoisotopic (exact) mass is 152 g/mol. The lowest BCUT2D eigenvalue weighted by molar-refractivity contribution is 0.431. The fourth-order valence-electron chi connectivity index (χ4n) is 0.653. The molecule has 0 rings (SSSR count). The third kappa shape index (κ3) is 3.66. The van der Waals surface area contributed by atoms with Crippen LogP contribution in [0.4, 0.5) is 0 Å². The summed E-state index contributed by atoms with van der Waals surface area (Å²) in [6.07, 6.45) is 4.11. The molecule has 0 aliphatic rings. The Bertz CT molecular complexity index is 177. The fourth-order valence-corrected chi connectivity index (χ4v) is 0.653. The van der Waals surface area contributed by atoms with E-state index in [0.29, 0.717) is 5.92 Å². The van der Waals surface area contributed by atoms with E-state index in [2.05, 4.69) is 27.0 Å². The number of allylic oxidation sites excluding steroid dienone is 3. The predicted molar refractivity (Wildman–Crippen MR) is 49.5 cm³/mol. The van der Waals surface area contributed by atoms with Crippen LogP contribution in [0.15, 0.2) is 36.6 Å². The van der Waals surface area contributed by atoms with Gasteiger partial charge in [0.05, 0.1) is 0 Å². The van der Waals surface area contributed by atoms with Crippen molar-refractivity contribution >= 4 is 0 Å². The van der Waals surface area contributed by atoms with Gasteiger partial charge in [-0.3, -0.25) is 0 Å². The van der Waals surface area contributed by atoms with Crippen molar-refractivity contribution in [3.63, 3.8) is 0 Å². The SMILES string of the molecule is C=CC(O)=CC(=C)C(C)CC. The minimum atomic E-state index is 0.190. The lowest BCUT2D eigenvalue weighted by Gasteiger charge is -2.07. The van der Waals surface area contributed by atoms with Crippen LogP contribution in [-0.2, 0) is 0 Å². The molecule has 0 fully saturated rings. The molecule has 0 saturated heterocycles. The van der Waals surface area contributed by atoms with Gasteiger partial charge in [-0.05, 0) is 30.1 Å². The van der Waals surface area contributed by atoms with Crippen LogP contribution in [-0.4, -0.2) is 5.11 Å². The molecule has 0 radical (unpaired) electrons. The van der Waals surface area contributed by atoms with E-state index in [0.717, 1.165) is 12.0 Å². The van der Waals surface area contributed by atoms with Crippen LogP contribution in [0.25, 0.3) is 0 Å². The van der Waals surface area contributed by atoms with Gasteiger partial charge in [0.25, 0.3) is 0 Å². The molecule has 0 heterocycles. The number of hydrogen-bond acceptors (Lipinski definition) is 1. The van der Waals surface area contributed by atoms with Crippen LogP contribution in [0, 0.1) is 5.92 Å². The van der Waals surface area contributed by atoms with E-state index < -0.39 is 0 Å². The highest BCUT2D eigenvalue weighted by molar-refractivity contribution is 5.23. The van der Waals surface area contributed by atoms with Gasteiger partial charge in [-0.15, -0.1) is 0 Å². The number of rotatable bonds is 4. The van der Waals surface area contributed by atoms with Gasteiger partial charge in [0.1, 0.15) is 5.76 Å². The first-order valence-corrected chi connectivity index (χ1v) is 3.83. The Labute approximate surface area is 68.7 Å². The molecule has 0 aromatic heterocycles. The van der Waals surface area contributed by atoms with Crippen molar-refractivity contribution in [2.75, 3.05) is 0 Å². The van der Waals surface area contributed by atoms with Crippen LogP contribution in [0.3, 0.4) is 0 Å². The topological polar surface area (TPSA) is 20.2 Å². The maximum atomic E-state index is 9.05. The summed E-state index contributed by atoms with van der Waals surface area (Å²) in [6.45, 7) is 11.4. The van der Waals surface area contributed by atoms with E-state index >= 15 is 0 Å². The van der Waals surface area contributed by atoms with E-state index in [1.54, 1.807) is 6.08 Å². The van der Waals surface area contributed by atoms with Crippen molar-refractivity contribution < 1.29 is 5.11 Å². The van der Waals surface area contributed by atoms with Crippen LogP contribution >= 0.6 is 0 Å². The molecular formula is C10H16O. The van der Waals surface area contributed by atoms with Gasteiger partial charge >= 0.3 is 0 Å². The van der Waals surface area contributed by atoms with E-state index in [9.17, 15) is 0 Å². The Hall–Kier alpha value is -0.980. The summed E-state index contributed by atoms with van der Waals surface area (Å²) in [5, 5.41) is 9.05. The molecular weight excluding hydrogens is 136 g/mol. The maximum Gasteiger partial charge on any atom is 0.115 e. The van der Waals surface area contributed by atoms with E-state index in [-0.39, 0.29) is 5.76 Å². The normalized spacial score (nSPS) is 14.2. The summed E-state index contributed by atoms with van der Waals surface area (Å²) >= 11 is 0. The molecule has 1 nitrogen and oxygen atoms in total.